The molecule has 2 nitrogen and oxygen atoms in total. The molecule has 3 heteroatoms. The van der Waals surface area contributed by atoms with Crippen LogP contribution in [0, 0.1) is 5.92 Å². The fourth-order valence-electron chi connectivity index (χ4n) is 1.71. The van der Waals surface area contributed by atoms with E-state index in [1.165, 1.54) is 5.56 Å². The highest BCUT2D eigenvalue weighted by Gasteiger charge is 2.21. The van der Waals surface area contributed by atoms with Crippen molar-refractivity contribution in [3.05, 3.63) is 29.8 Å². The van der Waals surface area contributed by atoms with Crippen molar-refractivity contribution in [3.8, 4) is 5.75 Å². The lowest BCUT2D eigenvalue weighted by Crippen LogP contribution is -2.25. The van der Waals surface area contributed by atoms with E-state index in [4.69, 9.17) is 10.5 Å². The zero-order chi connectivity index (χ0) is 13.7. The van der Waals surface area contributed by atoms with Crippen molar-refractivity contribution >= 4 is 11.8 Å². The molecule has 18 heavy (non-hydrogen) atoms. The number of rotatable bonds is 6. The number of hydrogen-bond donors (Lipinski definition) is 1. The lowest BCUT2D eigenvalue weighted by Gasteiger charge is -2.26. The van der Waals surface area contributed by atoms with Crippen LogP contribution in [0.15, 0.2) is 24.3 Å². The van der Waals surface area contributed by atoms with Gasteiger partial charge in [0.2, 0.25) is 0 Å². The van der Waals surface area contributed by atoms with Crippen molar-refractivity contribution in [2.45, 2.75) is 44.2 Å². The second-order valence-corrected chi connectivity index (χ2v) is 6.67. The molecule has 0 heterocycles. The molecule has 1 aromatic carbocycles. The van der Waals surface area contributed by atoms with Gasteiger partial charge < -0.3 is 10.5 Å². The third kappa shape index (κ3) is 4.21. The van der Waals surface area contributed by atoms with Gasteiger partial charge in [0.25, 0.3) is 0 Å². The molecule has 0 aromatic heterocycles. The van der Waals surface area contributed by atoms with Crippen molar-refractivity contribution in [3.63, 3.8) is 0 Å². The van der Waals surface area contributed by atoms with E-state index >= 15 is 0 Å². The summed E-state index contributed by atoms with van der Waals surface area (Å²) in [6.07, 6.45) is 0. The SMILES string of the molecule is COc1cccc(C(SC(C)C(C)C)C(C)N)c1. The van der Waals surface area contributed by atoms with Crippen LogP contribution in [0.25, 0.3) is 0 Å². The lowest BCUT2D eigenvalue weighted by atomic mass is 10.1. The summed E-state index contributed by atoms with van der Waals surface area (Å²) in [7, 11) is 1.70. The van der Waals surface area contributed by atoms with Gasteiger partial charge in [-0.3, -0.25) is 0 Å². The molecule has 0 amide bonds. The van der Waals surface area contributed by atoms with Crippen molar-refractivity contribution in [2.75, 3.05) is 7.11 Å². The fourth-order valence-corrected chi connectivity index (χ4v) is 3.04. The molecule has 1 aromatic rings. The first-order chi connectivity index (χ1) is 8.45. The van der Waals surface area contributed by atoms with Crippen molar-refractivity contribution < 1.29 is 4.74 Å². The number of methoxy groups -OCH3 is 1. The van der Waals surface area contributed by atoms with E-state index in [0.29, 0.717) is 16.4 Å². The Bertz CT molecular complexity index is 365. The van der Waals surface area contributed by atoms with Gasteiger partial charge in [-0.2, -0.15) is 0 Å². The summed E-state index contributed by atoms with van der Waals surface area (Å²) in [6, 6.07) is 8.36. The molecule has 3 atom stereocenters. The topological polar surface area (TPSA) is 35.2 Å². The van der Waals surface area contributed by atoms with E-state index < -0.39 is 0 Å². The number of ether oxygens (including phenoxy) is 1. The predicted octanol–water partition coefficient (Wildman–Crippen LogP) is 3.86. The van der Waals surface area contributed by atoms with Crippen molar-refractivity contribution in [2.24, 2.45) is 11.7 Å². The van der Waals surface area contributed by atoms with Crippen LogP contribution in [-0.2, 0) is 0 Å². The van der Waals surface area contributed by atoms with Crippen LogP contribution in [0.1, 0.15) is 38.5 Å². The third-order valence-electron chi connectivity index (χ3n) is 3.20. The Kier molecular flexibility index (Phi) is 6.03. The summed E-state index contributed by atoms with van der Waals surface area (Å²) in [4.78, 5) is 0. The average Bonchev–Trinajstić information content (AvgIpc) is 2.35. The summed E-state index contributed by atoms with van der Waals surface area (Å²) in [6.45, 7) is 8.85. The van der Waals surface area contributed by atoms with Gasteiger partial charge in [0.1, 0.15) is 5.75 Å². The van der Waals surface area contributed by atoms with Crippen molar-refractivity contribution in [1.29, 1.82) is 0 Å². The molecule has 102 valence electrons. The molecule has 1 rings (SSSR count). The van der Waals surface area contributed by atoms with Crippen LogP contribution in [0.5, 0.6) is 5.75 Å². The van der Waals surface area contributed by atoms with Crippen molar-refractivity contribution in [1.82, 2.24) is 0 Å². The Morgan fingerprint density at radius 1 is 1.17 bits per heavy atom. The molecular formula is C15H25NOS. The Morgan fingerprint density at radius 3 is 2.33 bits per heavy atom. The minimum absolute atomic E-state index is 0.128. The molecule has 0 spiro atoms. The summed E-state index contributed by atoms with van der Waals surface area (Å²) in [5, 5.41) is 0.907. The maximum Gasteiger partial charge on any atom is 0.119 e. The normalized spacial score (nSPS) is 16.4. The minimum atomic E-state index is 0.128. The van der Waals surface area contributed by atoms with Gasteiger partial charge in [-0.05, 0) is 30.5 Å². The van der Waals surface area contributed by atoms with E-state index in [9.17, 15) is 0 Å². The highest BCUT2D eigenvalue weighted by molar-refractivity contribution is 8.00. The van der Waals surface area contributed by atoms with Gasteiger partial charge in [-0.1, -0.05) is 32.9 Å². The van der Waals surface area contributed by atoms with E-state index in [2.05, 4.69) is 39.8 Å². The molecule has 0 bridgehead atoms. The zero-order valence-corrected chi connectivity index (χ0v) is 12.8. The van der Waals surface area contributed by atoms with E-state index in [1.807, 2.05) is 23.9 Å². The Labute approximate surface area is 115 Å². The van der Waals surface area contributed by atoms with E-state index in [-0.39, 0.29) is 6.04 Å². The third-order valence-corrected chi connectivity index (χ3v) is 5.17. The van der Waals surface area contributed by atoms with Gasteiger partial charge in [0.15, 0.2) is 0 Å². The largest absolute Gasteiger partial charge is 0.497 e. The Hall–Kier alpha value is -0.670. The second-order valence-electron chi connectivity index (χ2n) is 5.14. The van der Waals surface area contributed by atoms with Crippen LogP contribution in [0.4, 0.5) is 0 Å². The van der Waals surface area contributed by atoms with Crippen LogP contribution in [-0.4, -0.2) is 18.4 Å². The molecule has 0 aliphatic rings. The maximum atomic E-state index is 6.15. The summed E-state index contributed by atoms with van der Waals surface area (Å²) >= 11 is 1.95. The molecule has 0 radical (unpaired) electrons. The minimum Gasteiger partial charge on any atom is -0.497 e. The van der Waals surface area contributed by atoms with Gasteiger partial charge in [0, 0.05) is 16.5 Å². The molecule has 0 saturated carbocycles. The Balaban J connectivity index is 2.90. The highest BCUT2D eigenvalue weighted by atomic mass is 32.2. The molecule has 3 unspecified atom stereocenters. The number of thioether (sulfide) groups is 1. The quantitative estimate of drug-likeness (QED) is 0.850. The Morgan fingerprint density at radius 2 is 1.83 bits per heavy atom. The molecule has 2 N–H and O–H groups in total. The summed E-state index contributed by atoms with van der Waals surface area (Å²) in [5.74, 6) is 1.55. The van der Waals surface area contributed by atoms with E-state index in [0.717, 1.165) is 5.75 Å². The fraction of sp³-hybridized carbons (Fsp3) is 0.600. The zero-order valence-electron chi connectivity index (χ0n) is 12.0. The summed E-state index contributed by atoms with van der Waals surface area (Å²) in [5.41, 5.74) is 7.40. The number of hydrogen-bond acceptors (Lipinski definition) is 3. The van der Waals surface area contributed by atoms with Gasteiger partial charge in [0.05, 0.1) is 7.11 Å². The number of benzene rings is 1. The first-order valence-electron chi connectivity index (χ1n) is 6.50. The van der Waals surface area contributed by atoms with Crippen LogP contribution < -0.4 is 10.5 Å². The molecule has 0 aliphatic heterocycles. The second kappa shape index (κ2) is 7.05. The van der Waals surface area contributed by atoms with Crippen LogP contribution in [0.3, 0.4) is 0 Å². The van der Waals surface area contributed by atoms with Gasteiger partial charge in [-0.15, -0.1) is 11.8 Å². The molecular weight excluding hydrogens is 242 g/mol. The predicted molar refractivity (Wildman–Crippen MR) is 81.3 cm³/mol. The van der Waals surface area contributed by atoms with Gasteiger partial charge >= 0.3 is 0 Å². The average molecular weight is 267 g/mol. The first kappa shape index (κ1) is 15.4. The lowest BCUT2D eigenvalue weighted by molar-refractivity contribution is 0.414. The molecule has 0 saturated heterocycles. The molecule has 0 aliphatic carbocycles. The van der Waals surface area contributed by atoms with Crippen LogP contribution in [0.2, 0.25) is 0 Å². The maximum absolute atomic E-state index is 6.15. The molecule has 0 fully saturated rings. The standard InChI is InChI=1S/C15H25NOS/c1-10(2)12(4)18-15(11(3)16)13-7-6-8-14(9-13)17-5/h6-12,15H,16H2,1-5H3. The first-order valence-corrected chi connectivity index (χ1v) is 7.45. The smallest absolute Gasteiger partial charge is 0.119 e. The monoisotopic (exact) mass is 267 g/mol. The highest BCUT2D eigenvalue weighted by Crippen LogP contribution is 2.37. The van der Waals surface area contributed by atoms with E-state index in [1.54, 1.807) is 7.11 Å². The summed E-state index contributed by atoms with van der Waals surface area (Å²) < 4.78 is 5.29. The van der Waals surface area contributed by atoms with Gasteiger partial charge in [-0.25, -0.2) is 0 Å². The van der Waals surface area contributed by atoms with Crippen LogP contribution >= 0.6 is 11.8 Å². The number of nitrogens with two attached hydrogens (primary N) is 1.